The minimum absolute atomic E-state index is 0.204. The molecular weight excluding hydrogens is 248 g/mol. The van der Waals surface area contributed by atoms with E-state index >= 15 is 0 Å². The Morgan fingerprint density at radius 2 is 2.00 bits per heavy atom. The molecule has 0 saturated heterocycles. The summed E-state index contributed by atoms with van der Waals surface area (Å²) in [4.78, 5) is 14.3. The van der Waals surface area contributed by atoms with Crippen LogP contribution in [0.1, 0.15) is 44.6 Å². The van der Waals surface area contributed by atoms with Crippen LogP contribution in [0.3, 0.4) is 0 Å². The van der Waals surface area contributed by atoms with E-state index in [-0.39, 0.29) is 5.91 Å². The van der Waals surface area contributed by atoms with Crippen LogP contribution >= 0.6 is 0 Å². The number of benzene rings is 1. The molecule has 1 fully saturated rings. The van der Waals surface area contributed by atoms with Crippen molar-refractivity contribution in [1.82, 2.24) is 4.90 Å². The Morgan fingerprint density at radius 3 is 2.60 bits per heavy atom. The fraction of sp³-hybridized carbons (Fsp3) is 0.588. The molecule has 110 valence electrons. The van der Waals surface area contributed by atoms with Crippen LogP contribution in [0.2, 0.25) is 0 Å². The van der Waals surface area contributed by atoms with Gasteiger partial charge in [-0.05, 0) is 49.3 Å². The first-order valence-corrected chi connectivity index (χ1v) is 7.70. The maximum atomic E-state index is 12.4. The number of hydrogen-bond donors (Lipinski definition) is 1. The van der Waals surface area contributed by atoms with Gasteiger partial charge in [-0.2, -0.15) is 0 Å². The molecule has 0 atom stereocenters. The quantitative estimate of drug-likeness (QED) is 0.857. The zero-order valence-electron chi connectivity index (χ0n) is 12.6. The van der Waals surface area contributed by atoms with Crippen LogP contribution < -0.4 is 5.73 Å². The van der Waals surface area contributed by atoms with Crippen molar-refractivity contribution in [2.24, 2.45) is 5.92 Å². The van der Waals surface area contributed by atoms with E-state index < -0.39 is 0 Å². The van der Waals surface area contributed by atoms with Gasteiger partial charge in [0.2, 0.25) is 5.91 Å². The number of nitrogens with two attached hydrogens (primary N) is 1. The molecule has 0 unspecified atom stereocenters. The van der Waals surface area contributed by atoms with Crippen molar-refractivity contribution in [1.29, 1.82) is 0 Å². The fourth-order valence-electron chi connectivity index (χ4n) is 3.15. The van der Waals surface area contributed by atoms with E-state index in [1.165, 1.54) is 19.3 Å². The van der Waals surface area contributed by atoms with Crippen molar-refractivity contribution in [3.63, 3.8) is 0 Å². The van der Waals surface area contributed by atoms with Gasteiger partial charge >= 0.3 is 0 Å². The average Bonchev–Trinajstić information content (AvgIpc) is 2.46. The molecule has 2 rings (SSSR count). The van der Waals surface area contributed by atoms with Crippen molar-refractivity contribution in [3.8, 4) is 0 Å². The van der Waals surface area contributed by atoms with Crippen LogP contribution in [0.15, 0.2) is 24.3 Å². The Kier molecular flexibility index (Phi) is 5.05. The second-order valence-electron chi connectivity index (χ2n) is 6.01. The number of carbonyl (C=O) groups excluding carboxylic acids is 1. The lowest BCUT2D eigenvalue weighted by atomic mass is 9.84. The third kappa shape index (κ3) is 3.75. The molecule has 1 aromatic rings. The number of nitrogens with zero attached hydrogens (tertiary/aromatic N) is 1. The summed E-state index contributed by atoms with van der Waals surface area (Å²) in [6.45, 7) is 2.26. The lowest BCUT2D eigenvalue weighted by Crippen LogP contribution is -2.40. The van der Waals surface area contributed by atoms with E-state index in [0.29, 0.717) is 12.5 Å². The zero-order valence-corrected chi connectivity index (χ0v) is 12.6. The number of rotatable bonds is 4. The van der Waals surface area contributed by atoms with Gasteiger partial charge in [-0.3, -0.25) is 4.79 Å². The normalized spacial score (nSPS) is 22.5. The van der Waals surface area contributed by atoms with Gasteiger partial charge in [0, 0.05) is 18.8 Å². The molecule has 0 aromatic heterocycles. The van der Waals surface area contributed by atoms with E-state index in [9.17, 15) is 4.79 Å². The number of amides is 1. The molecule has 1 amide bonds. The van der Waals surface area contributed by atoms with Crippen molar-refractivity contribution < 1.29 is 4.79 Å². The van der Waals surface area contributed by atoms with E-state index in [4.69, 9.17) is 5.73 Å². The highest BCUT2D eigenvalue weighted by Gasteiger charge is 2.25. The largest absolute Gasteiger partial charge is 0.399 e. The molecule has 1 aromatic carbocycles. The first-order valence-electron chi connectivity index (χ1n) is 7.70. The third-order valence-corrected chi connectivity index (χ3v) is 4.64. The van der Waals surface area contributed by atoms with Gasteiger partial charge in [-0.25, -0.2) is 0 Å². The number of hydrogen-bond acceptors (Lipinski definition) is 2. The highest BCUT2D eigenvalue weighted by Crippen LogP contribution is 2.29. The lowest BCUT2D eigenvalue weighted by Gasteiger charge is -2.34. The topological polar surface area (TPSA) is 46.3 Å². The van der Waals surface area contributed by atoms with E-state index in [1.54, 1.807) is 0 Å². The van der Waals surface area contributed by atoms with Gasteiger partial charge in [-0.15, -0.1) is 0 Å². The minimum Gasteiger partial charge on any atom is -0.399 e. The Morgan fingerprint density at radius 1 is 1.30 bits per heavy atom. The summed E-state index contributed by atoms with van der Waals surface area (Å²) in [5.41, 5.74) is 7.49. The van der Waals surface area contributed by atoms with E-state index in [2.05, 4.69) is 6.92 Å². The molecule has 0 radical (unpaired) electrons. The predicted octanol–water partition coefficient (Wildman–Crippen LogP) is 3.24. The van der Waals surface area contributed by atoms with Crippen LogP contribution in [-0.2, 0) is 11.2 Å². The third-order valence-electron chi connectivity index (χ3n) is 4.64. The smallest absolute Gasteiger partial charge is 0.226 e. The van der Waals surface area contributed by atoms with Gasteiger partial charge < -0.3 is 10.6 Å². The SMILES string of the molecule is CCC1CCC(N(C)C(=O)Cc2cccc(N)c2)CC1. The lowest BCUT2D eigenvalue weighted by molar-refractivity contribution is -0.132. The standard InChI is InChI=1S/C17H26N2O/c1-3-13-7-9-16(10-8-13)19(2)17(20)12-14-5-4-6-15(18)11-14/h4-6,11,13,16H,3,7-10,12,18H2,1-2H3. The summed E-state index contributed by atoms with van der Waals surface area (Å²) >= 11 is 0. The summed E-state index contributed by atoms with van der Waals surface area (Å²) in [5, 5.41) is 0. The summed E-state index contributed by atoms with van der Waals surface area (Å²) in [6.07, 6.45) is 6.55. The van der Waals surface area contributed by atoms with Gasteiger partial charge in [0.05, 0.1) is 6.42 Å². The number of likely N-dealkylation sites (N-methyl/N-ethyl adjacent to an activating group) is 1. The molecule has 3 nitrogen and oxygen atoms in total. The molecule has 0 heterocycles. The first-order chi connectivity index (χ1) is 9.60. The zero-order chi connectivity index (χ0) is 14.5. The molecule has 3 heteroatoms. The van der Waals surface area contributed by atoms with E-state index in [1.807, 2.05) is 36.2 Å². The van der Waals surface area contributed by atoms with Crippen LogP contribution in [0.5, 0.6) is 0 Å². The molecule has 0 spiro atoms. The molecule has 2 N–H and O–H groups in total. The molecule has 20 heavy (non-hydrogen) atoms. The van der Waals surface area contributed by atoms with Crippen LogP contribution in [0.4, 0.5) is 5.69 Å². The van der Waals surface area contributed by atoms with Gasteiger partial charge in [0.1, 0.15) is 0 Å². The first kappa shape index (κ1) is 14.9. The van der Waals surface area contributed by atoms with Gasteiger partial charge in [-0.1, -0.05) is 25.5 Å². The summed E-state index contributed by atoms with van der Waals surface area (Å²) < 4.78 is 0. The number of carbonyl (C=O) groups is 1. The van der Waals surface area contributed by atoms with E-state index in [0.717, 1.165) is 30.0 Å². The van der Waals surface area contributed by atoms with Gasteiger partial charge in [0.25, 0.3) is 0 Å². The average molecular weight is 274 g/mol. The van der Waals surface area contributed by atoms with Crippen molar-refractivity contribution in [2.45, 2.75) is 51.5 Å². The van der Waals surface area contributed by atoms with Crippen molar-refractivity contribution in [3.05, 3.63) is 29.8 Å². The Bertz CT molecular complexity index is 450. The summed E-state index contributed by atoms with van der Waals surface area (Å²) in [7, 11) is 1.95. The van der Waals surface area contributed by atoms with Crippen LogP contribution in [0.25, 0.3) is 0 Å². The Hall–Kier alpha value is -1.51. The second kappa shape index (κ2) is 6.78. The highest BCUT2D eigenvalue weighted by molar-refractivity contribution is 5.79. The maximum absolute atomic E-state index is 12.4. The summed E-state index contributed by atoms with van der Waals surface area (Å²) in [6, 6.07) is 8.04. The number of nitrogen functional groups attached to an aromatic ring is 1. The summed E-state index contributed by atoms with van der Waals surface area (Å²) in [5.74, 6) is 1.07. The Balaban J connectivity index is 1.89. The number of anilines is 1. The molecular formula is C17H26N2O. The molecule has 0 aliphatic heterocycles. The monoisotopic (exact) mass is 274 g/mol. The Labute approximate surface area is 122 Å². The van der Waals surface area contributed by atoms with Gasteiger partial charge in [0.15, 0.2) is 0 Å². The molecule has 1 aliphatic carbocycles. The van der Waals surface area contributed by atoms with Crippen LogP contribution in [-0.4, -0.2) is 23.9 Å². The second-order valence-corrected chi connectivity index (χ2v) is 6.01. The predicted molar refractivity (Wildman–Crippen MR) is 83.4 cm³/mol. The van der Waals surface area contributed by atoms with Crippen molar-refractivity contribution in [2.75, 3.05) is 12.8 Å². The minimum atomic E-state index is 0.204. The molecule has 0 bridgehead atoms. The maximum Gasteiger partial charge on any atom is 0.226 e. The highest BCUT2D eigenvalue weighted by atomic mass is 16.2. The molecule has 1 saturated carbocycles. The molecule has 1 aliphatic rings. The van der Waals surface area contributed by atoms with Crippen molar-refractivity contribution >= 4 is 11.6 Å². The fourth-order valence-corrected chi connectivity index (χ4v) is 3.15. The van der Waals surface area contributed by atoms with Crippen LogP contribution in [0, 0.1) is 5.92 Å².